The molecule has 8 heteroatoms. The summed E-state index contributed by atoms with van der Waals surface area (Å²) in [6.45, 7) is 5.23. The summed E-state index contributed by atoms with van der Waals surface area (Å²) >= 11 is 0. The molecule has 2 N–H and O–H groups in total. The Labute approximate surface area is 173 Å². The number of aryl methyl sites for hydroxylation is 1. The number of sulfonamides is 1. The maximum atomic E-state index is 12.9. The second-order valence-electron chi connectivity index (χ2n) is 7.18. The van der Waals surface area contributed by atoms with Crippen molar-refractivity contribution in [1.82, 2.24) is 9.80 Å². The van der Waals surface area contributed by atoms with E-state index in [-0.39, 0.29) is 11.8 Å². The number of amides is 2. The Kier molecular flexibility index (Phi) is 8.04. The molecule has 29 heavy (non-hydrogen) atoms. The van der Waals surface area contributed by atoms with Gasteiger partial charge in [-0.1, -0.05) is 30.3 Å². The summed E-state index contributed by atoms with van der Waals surface area (Å²) in [5, 5.41) is 2.92. The second-order valence-corrected chi connectivity index (χ2v) is 9.19. The van der Waals surface area contributed by atoms with Gasteiger partial charge in [-0.2, -0.15) is 0 Å². The fraction of sp³-hybridized carbons (Fsp3) is 0.381. The molecule has 0 atom stereocenters. The van der Waals surface area contributed by atoms with Gasteiger partial charge in [0.05, 0.1) is 11.4 Å². The maximum Gasteiger partial charge on any atom is 0.322 e. The van der Waals surface area contributed by atoms with E-state index in [9.17, 15) is 13.2 Å². The smallest absolute Gasteiger partial charge is 0.319 e. The average Bonchev–Trinajstić information content (AvgIpc) is 2.67. The van der Waals surface area contributed by atoms with Crippen LogP contribution in [-0.2, 0) is 16.6 Å². The predicted molar refractivity (Wildman–Crippen MR) is 119 cm³/mol. The second kappa shape index (κ2) is 10.3. The Hall–Kier alpha value is -2.58. The van der Waals surface area contributed by atoms with Gasteiger partial charge in [0.25, 0.3) is 0 Å². The van der Waals surface area contributed by atoms with E-state index >= 15 is 0 Å². The zero-order valence-electron chi connectivity index (χ0n) is 17.5. The molecule has 0 heterocycles. The lowest BCUT2D eigenvalue weighted by molar-refractivity contribution is 0.202. The van der Waals surface area contributed by atoms with Crippen LogP contribution in [0, 0.1) is 6.92 Å². The first kappa shape index (κ1) is 22.7. The molecule has 0 radical (unpaired) electrons. The molecule has 2 amide bonds. The van der Waals surface area contributed by atoms with Gasteiger partial charge in [0.2, 0.25) is 10.0 Å². The number of hydrogen-bond donors (Lipinski definition) is 2. The average molecular weight is 419 g/mol. The minimum absolute atomic E-state index is 0.00521. The van der Waals surface area contributed by atoms with E-state index in [0.717, 1.165) is 17.7 Å². The molecule has 0 aliphatic heterocycles. The normalized spacial score (nSPS) is 11.3. The highest BCUT2D eigenvalue weighted by atomic mass is 32.2. The monoisotopic (exact) mass is 418 g/mol. The van der Waals surface area contributed by atoms with Crippen molar-refractivity contribution in [2.75, 3.05) is 43.0 Å². The molecule has 0 spiro atoms. The number of benzene rings is 2. The minimum Gasteiger partial charge on any atom is -0.319 e. The van der Waals surface area contributed by atoms with Crippen molar-refractivity contribution in [3.63, 3.8) is 0 Å². The van der Waals surface area contributed by atoms with Gasteiger partial charge in [0.15, 0.2) is 0 Å². The summed E-state index contributed by atoms with van der Waals surface area (Å²) in [7, 11) is 0.596. The van der Waals surface area contributed by atoms with Crippen molar-refractivity contribution in [3.8, 4) is 0 Å². The van der Waals surface area contributed by atoms with Crippen molar-refractivity contribution in [2.24, 2.45) is 0 Å². The van der Waals surface area contributed by atoms with E-state index in [2.05, 4.69) is 10.0 Å². The lowest BCUT2D eigenvalue weighted by Gasteiger charge is -2.25. The molecule has 2 aromatic rings. The third kappa shape index (κ3) is 7.40. The molecule has 0 bridgehead atoms. The molecule has 158 valence electrons. The van der Waals surface area contributed by atoms with E-state index in [1.54, 1.807) is 36.9 Å². The van der Waals surface area contributed by atoms with Crippen molar-refractivity contribution < 1.29 is 13.2 Å². The van der Waals surface area contributed by atoms with Gasteiger partial charge < -0.3 is 15.1 Å². The Morgan fingerprint density at radius 2 is 1.72 bits per heavy atom. The molecular weight excluding hydrogens is 388 g/mol. The van der Waals surface area contributed by atoms with Crippen LogP contribution in [0.25, 0.3) is 0 Å². The summed E-state index contributed by atoms with van der Waals surface area (Å²) < 4.78 is 26.1. The van der Waals surface area contributed by atoms with Crippen molar-refractivity contribution in [2.45, 2.75) is 20.4 Å². The van der Waals surface area contributed by atoms with Crippen molar-refractivity contribution in [1.29, 1.82) is 0 Å². The number of carbonyl (C=O) groups is 1. The fourth-order valence-electron chi connectivity index (χ4n) is 2.68. The van der Waals surface area contributed by atoms with Crippen LogP contribution in [0.4, 0.5) is 16.2 Å². The maximum absolute atomic E-state index is 12.9. The summed E-state index contributed by atoms with van der Waals surface area (Å²) in [4.78, 5) is 16.7. The van der Waals surface area contributed by atoms with Crippen LogP contribution < -0.4 is 10.0 Å². The number of urea groups is 1. The zero-order chi connectivity index (χ0) is 21.4. The van der Waals surface area contributed by atoms with Crippen LogP contribution in [0.1, 0.15) is 18.1 Å². The van der Waals surface area contributed by atoms with Gasteiger partial charge in [0, 0.05) is 25.3 Å². The van der Waals surface area contributed by atoms with Crippen LogP contribution in [-0.4, -0.2) is 57.2 Å². The highest BCUT2D eigenvalue weighted by Gasteiger charge is 2.15. The highest BCUT2D eigenvalue weighted by Crippen LogP contribution is 2.21. The molecule has 0 saturated heterocycles. The topological polar surface area (TPSA) is 81.8 Å². The molecule has 7 nitrogen and oxygen atoms in total. The standard InChI is InChI=1S/C21H30N4O3S/c1-5-29(27,28)23-20-12-11-19(15-17(20)2)22-21(26)25(14-13-24(3)4)16-18-9-7-6-8-10-18/h6-12,15,23H,5,13-14,16H2,1-4H3,(H,22,26). The van der Waals surface area contributed by atoms with Crippen LogP contribution >= 0.6 is 0 Å². The Morgan fingerprint density at radius 1 is 1.03 bits per heavy atom. The summed E-state index contributed by atoms with van der Waals surface area (Å²) in [6.07, 6.45) is 0. The van der Waals surface area contributed by atoms with Gasteiger partial charge in [-0.15, -0.1) is 0 Å². The van der Waals surface area contributed by atoms with E-state index < -0.39 is 10.0 Å². The van der Waals surface area contributed by atoms with Gasteiger partial charge in [-0.3, -0.25) is 4.72 Å². The molecule has 0 fully saturated rings. The van der Waals surface area contributed by atoms with Crippen LogP contribution in [0.2, 0.25) is 0 Å². The number of rotatable bonds is 9. The largest absolute Gasteiger partial charge is 0.322 e. The fourth-order valence-corrected chi connectivity index (χ4v) is 3.38. The van der Waals surface area contributed by atoms with E-state index in [4.69, 9.17) is 0 Å². The van der Waals surface area contributed by atoms with Crippen LogP contribution in [0.15, 0.2) is 48.5 Å². The molecule has 2 aromatic carbocycles. The molecular formula is C21H30N4O3S. The molecule has 0 saturated carbocycles. The number of hydrogen-bond acceptors (Lipinski definition) is 4. The number of anilines is 2. The van der Waals surface area contributed by atoms with E-state index in [1.165, 1.54) is 0 Å². The summed E-state index contributed by atoms with van der Waals surface area (Å²) in [6, 6.07) is 14.8. The third-order valence-corrected chi connectivity index (χ3v) is 5.73. The molecule has 0 unspecified atom stereocenters. The third-order valence-electron chi connectivity index (χ3n) is 4.44. The number of carbonyl (C=O) groups excluding carboxylic acids is 1. The Balaban J connectivity index is 2.12. The van der Waals surface area contributed by atoms with E-state index in [0.29, 0.717) is 24.5 Å². The van der Waals surface area contributed by atoms with Gasteiger partial charge >= 0.3 is 6.03 Å². The highest BCUT2D eigenvalue weighted by molar-refractivity contribution is 7.92. The zero-order valence-corrected chi connectivity index (χ0v) is 18.3. The molecule has 0 aliphatic rings. The SMILES string of the molecule is CCS(=O)(=O)Nc1ccc(NC(=O)N(CCN(C)C)Cc2ccccc2)cc1C. The first-order valence-corrected chi connectivity index (χ1v) is 11.2. The predicted octanol–water partition coefficient (Wildman–Crippen LogP) is 3.35. The number of nitrogens with one attached hydrogen (secondary N) is 2. The number of likely N-dealkylation sites (N-methyl/N-ethyl adjacent to an activating group) is 1. The first-order chi connectivity index (χ1) is 13.7. The summed E-state index contributed by atoms with van der Waals surface area (Å²) in [5.41, 5.74) is 2.93. The molecule has 0 aromatic heterocycles. The number of nitrogens with zero attached hydrogens (tertiary/aromatic N) is 2. The van der Waals surface area contributed by atoms with Gasteiger partial charge in [-0.25, -0.2) is 13.2 Å². The van der Waals surface area contributed by atoms with Crippen molar-refractivity contribution in [3.05, 3.63) is 59.7 Å². The first-order valence-electron chi connectivity index (χ1n) is 9.56. The lowest BCUT2D eigenvalue weighted by atomic mass is 10.2. The van der Waals surface area contributed by atoms with Gasteiger partial charge in [0.1, 0.15) is 0 Å². The van der Waals surface area contributed by atoms with E-state index in [1.807, 2.05) is 49.3 Å². The van der Waals surface area contributed by atoms with Crippen LogP contribution in [0.5, 0.6) is 0 Å². The minimum atomic E-state index is -3.34. The Bertz CT molecular complexity index is 915. The molecule has 2 rings (SSSR count). The Morgan fingerprint density at radius 3 is 2.31 bits per heavy atom. The molecule has 0 aliphatic carbocycles. The van der Waals surface area contributed by atoms with Crippen LogP contribution in [0.3, 0.4) is 0 Å². The van der Waals surface area contributed by atoms with Gasteiger partial charge in [-0.05, 0) is 57.3 Å². The van der Waals surface area contributed by atoms with Crippen molar-refractivity contribution >= 4 is 27.4 Å². The summed E-state index contributed by atoms with van der Waals surface area (Å²) in [5.74, 6) is 0.00521. The quantitative estimate of drug-likeness (QED) is 0.654. The lowest BCUT2D eigenvalue weighted by Crippen LogP contribution is -2.39.